The summed E-state index contributed by atoms with van der Waals surface area (Å²) in [4.78, 5) is 4.49. The number of aromatic nitrogens is 2. The molecule has 104 valence electrons. The molecule has 0 aliphatic heterocycles. The van der Waals surface area contributed by atoms with Crippen molar-refractivity contribution >= 4 is 11.0 Å². The van der Waals surface area contributed by atoms with Gasteiger partial charge in [0.25, 0.3) is 0 Å². The molecule has 0 unspecified atom stereocenters. The highest BCUT2D eigenvalue weighted by Crippen LogP contribution is 2.37. The van der Waals surface area contributed by atoms with Crippen molar-refractivity contribution in [3.8, 4) is 16.8 Å². The number of hydrogen-bond acceptors (Lipinski definition) is 1. The molecule has 5 rings (SSSR count). The molecule has 1 aliphatic rings. The van der Waals surface area contributed by atoms with Crippen molar-refractivity contribution in [2.24, 2.45) is 0 Å². The lowest BCUT2D eigenvalue weighted by Gasteiger charge is -2.07. The second kappa shape index (κ2) is 4.31. The standard InChI is InChI=1S/C20H14N2/c1-2-6-17-14(5-1)11-15-12-16(9-10-18(15)17)22-13-21-19-7-3-4-8-20(19)22/h1-10,12-13H,11H2. The molecule has 0 N–H and O–H groups in total. The van der Waals surface area contributed by atoms with Gasteiger partial charge in [-0.25, -0.2) is 4.98 Å². The van der Waals surface area contributed by atoms with Crippen LogP contribution in [0.4, 0.5) is 0 Å². The van der Waals surface area contributed by atoms with E-state index in [1.807, 2.05) is 12.4 Å². The molecule has 1 heterocycles. The van der Waals surface area contributed by atoms with E-state index in [2.05, 4.69) is 70.2 Å². The summed E-state index contributed by atoms with van der Waals surface area (Å²) < 4.78 is 2.17. The van der Waals surface area contributed by atoms with Crippen molar-refractivity contribution in [2.45, 2.75) is 6.42 Å². The van der Waals surface area contributed by atoms with E-state index in [4.69, 9.17) is 0 Å². The largest absolute Gasteiger partial charge is 0.299 e. The van der Waals surface area contributed by atoms with Crippen LogP contribution in [0.25, 0.3) is 27.8 Å². The SMILES string of the molecule is c1ccc2c(c1)Cc1cc(-n3cnc4ccccc43)ccc1-2. The van der Waals surface area contributed by atoms with Gasteiger partial charge in [-0.15, -0.1) is 0 Å². The van der Waals surface area contributed by atoms with E-state index < -0.39 is 0 Å². The molecular formula is C20H14N2. The Hall–Kier alpha value is -2.87. The number of imidazole rings is 1. The predicted octanol–water partition coefficient (Wildman–Crippen LogP) is 4.60. The van der Waals surface area contributed by atoms with Crippen LogP contribution in [0, 0.1) is 0 Å². The zero-order valence-electron chi connectivity index (χ0n) is 12.0. The number of rotatable bonds is 1. The molecule has 2 heteroatoms. The average molecular weight is 282 g/mol. The molecular weight excluding hydrogens is 268 g/mol. The van der Waals surface area contributed by atoms with Crippen LogP contribution in [0.3, 0.4) is 0 Å². The van der Waals surface area contributed by atoms with E-state index in [1.165, 1.54) is 27.9 Å². The van der Waals surface area contributed by atoms with Crippen molar-refractivity contribution in [3.05, 3.63) is 84.2 Å². The second-order valence-electron chi connectivity index (χ2n) is 5.78. The van der Waals surface area contributed by atoms with Crippen molar-refractivity contribution < 1.29 is 0 Å². The summed E-state index contributed by atoms with van der Waals surface area (Å²) in [5, 5.41) is 0. The van der Waals surface area contributed by atoms with Gasteiger partial charge in [0.05, 0.1) is 11.0 Å². The lowest BCUT2D eigenvalue weighted by Crippen LogP contribution is -1.93. The Kier molecular flexibility index (Phi) is 2.30. The highest BCUT2D eigenvalue weighted by atomic mass is 15.0. The van der Waals surface area contributed by atoms with Crippen LogP contribution < -0.4 is 0 Å². The number of para-hydroxylation sites is 2. The van der Waals surface area contributed by atoms with E-state index in [0.29, 0.717) is 0 Å². The molecule has 0 saturated heterocycles. The lowest BCUT2D eigenvalue weighted by atomic mass is 10.1. The first-order valence-corrected chi connectivity index (χ1v) is 7.54. The fraction of sp³-hybridized carbons (Fsp3) is 0.0500. The minimum Gasteiger partial charge on any atom is -0.299 e. The number of nitrogens with zero attached hydrogens (tertiary/aromatic N) is 2. The third kappa shape index (κ3) is 1.58. The summed E-state index contributed by atoms with van der Waals surface area (Å²) in [6.45, 7) is 0. The minimum absolute atomic E-state index is 1.02. The van der Waals surface area contributed by atoms with Gasteiger partial charge in [0.15, 0.2) is 0 Å². The first-order chi connectivity index (χ1) is 10.9. The molecule has 0 atom stereocenters. The molecule has 2 nitrogen and oxygen atoms in total. The molecule has 1 aliphatic carbocycles. The number of hydrogen-bond donors (Lipinski definition) is 0. The van der Waals surface area contributed by atoms with Gasteiger partial charge in [-0.1, -0.05) is 42.5 Å². The van der Waals surface area contributed by atoms with E-state index >= 15 is 0 Å². The summed E-state index contributed by atoms with van der Waals surface area (Å²) in [6, 6.07) is 23.7. The average Bonchev–Trinajstić information content (AvgIpc) is 3.15. The maximum atomic E-state index is 4.49. The molecule has 0 radical (unpaired) electrons. The molecule has 0 amide bonds. The molecule has 1 aromatic heterocycles. The summed E-state index contributed by atoms with van der Waals surface area (Å²) in [7, 11) is 0. The maximum Gasteiger partial charge on any atom is 0.100 e. The molecule has 22 heavy (non-hydrogen) atoms. The third-order valence-electron chi connectivity index (χ3n) is 4.51. The fourth-order valence-electron chi connectivity index (χ4n) is 3.45. The van der Waals surface area contributed by atoms with Crippen molar-refractivity contribution in [3.63, 3.8) is 0 Å². The molecule has 0 fully saturated rings. The van der Waals surface area contributed by atoms with Crippen LogP contribution in [0.2, 0.25) is 0 Å². The van der Waals surface area contributed by atoms with Crippen LogP contribution in [-0.4, -0.2) is 9.55 Å². The number of fused-ring (bicyclic) bond motifs is 4. The summed E-state index contributed by atoms with van der Waals surface area (Å²) in [5.74, 6) is 0. The Labute approximate surface area is 128 Å². The summed E-state index contributed by atoms with van der Waals surface area (Å²) >= 11 is 0. The van der Waals surface area contributed by atoms with Gasteiger partial charge in [0.2, 0.25) is 0 Å². The molecule has 3 aromatic carbocycles. The van der Waals surface area contributed by atoms with Gasteiger partial charge >= 0.3 is 0 Å². The van der Waals surface area contributed by atoms with Crippen molar-refractivity contribution in [1.82, 2.24) is 9.55 Å². The highest BCUT2D eigenvalue weighted by molar-refractivity contribution is 5.80. The Bertz CT molecular complexity index is 1010. The van der Waals surface area contributed by atoms with Crippen LogP contribution in [-0.2, 0) is 6.42 Å². The lowest BCUT2D eigenvalue weighted by molar-refractivity contribution is 1.08. The summed E-state index contributed by atoms with van der Waals surface area (Å²) in [5.41, 5.74) is 8.93. The maximum absolute atomic E-state index is 4.49. The highest BCUT2D eigenvalue weighted by Gasteiger charge is 2.18. The normalized spacial score (nSPS) is 12.4. The molecule has 0 saturated carbocycles. The van der Waals surface area contributed by atoms with Crippen molar-refractivity contribution in [1.29, 1.82) is 0 Å². The van der Waals surface area contributed by atoms with Gasteiger partial charge in [0, 0.05) is 5.69 Å². The Morgan fingerprint density at radius 1 is 0.773 bits per heavy atom. The van der Waals surface area contributed by atoms with Gasteiger partial charge < -0.3 is 0 Å². The number of benzene rings is 3. The summed E-state index contributed by atoms with van der Waals surface area (Å²) in [6.07, 6.45) is 2.93. The first kappa shape index (κ1) is 11.8. The van der Waals surface area contributed by atoms with Gasteiger partial charge in [-0.3, -0.25) is 4.57 Å². The van der Waals surface area contributed by atoms with E-state index in [1.54, 1.807) is 0 Å². The quantitative estimate of drug-likeness (QED) is 0.439. The zero-order valence-corrected chi connectivity index (χ0v) is 12.0. The van der Waals surface area contributed by atoms with Crippen LogP contribution >= 0.6 is 0 Å². The minimum atomic E-state index is 1.02. The Morgan fingerprint density at radius 3 is 2.59 bits per heavy atom. The molecule has 4 aromatic rings. The Morgan fingerprint density at radius 2 is 1.59 bits per heavy atom. The van der Waals surface area contributed by atoms with Crippen LogP contribution in [0.1, 0.15) is 11.1 Å². The predicted molar refractivity (Wildman–Crippen MR) is 89.3 cm³/mol. The van der Waals surface area contributed by atoms with Gasteiger partial charge in [0.1, 0.15) is 6.33 Å². The van der Waals surface area contributed by atoms with Crippen molar-refractivity contribution in [2.75, 3.05) is 0 Å². The molecule has 0 bridgehead atoms. The van der Waals surface area contributed by atoms with E-state index in [-0.39, 0.29) is 0 Å². The van der Waals surface area contributed by atoms with Crippen LogP contribution in [0.15, 0.2) is 73.1 Å². The van der Waals surface area contributed by atoms with Gasteiger partial charge in [-0.05, 0) is 52.9 Å². The third-order valence-corrected chi connectivity index (χ3v) is 4.51. The second-order valence-corrected chi connectivity index (χ2v) is 5.78. The fourth-order valence-corrected chi connectivity index (χ4v) is 3.45. The van der Waals surface area contributed by atoms with Gasteiger partial charge in [-0.2, -0.15) is 0 Å². The van der Waals surface area contributed by atoms with E-state index in [9.17, 15) is 0 Å². The Balaban J connectivity index is 1.68. The topological polar surface area (TPSA) is 17.8 Å². The zero-order chi connectivity index (χ0) is 14.5. The van der Waals surface area contributed by atoms with Crippen LogP contribution in [0.5, 0.6) is 0 Å². The van der Waals surface area contributed by atoms with E-state index in [0.717, 1.165) is 17.5 Å². The monoisotopic (exact) mass is 282 g/mol. The first-order valence-electron chi connectivity index (χ1n) is 7.54. The smallest absolute Gasteiger partial charge is 0.100 e. The molecule has 0 spiro atoms.